The van der Waals surface area contributed by atoms with Crippen molar-refractivity contribution in [2.24, 2.45) is 0 Å². The van der Waals surface area contributed by atoms with Gasteiger partial charge in [0.25, 0.3) is 0 Å². The average molecular weight is 369 g/mol. The van der Waals surface area contributed by atoms with Gasteiger partial charge in [0.15, 0.2) is 0 Å². The molecule has 4 rings (SSSR count). The van der Waals surface area contributed by atoms with E-state index in [-0.39, 0.29) is 5.88 Å². The van der Waals surface area contributed by atoms with Gasteiger partial charge in [-0.1, -0.05) is 36.4 Å². The van der Waals surface area contributed by atoms with Crippen molar-refractivity contribution in [3.63, 3.8) is 0 Å². The van der Waals surface area contributed by atoms with Crippen LogP contribution in [0.2, 0.25) is 0 Å². The minimum absolute atomic E-state index is 0.204. The Bertz CT molecular complexity index is 1050. The maximum Gasteiger partial charge on any atom is 0.344 e. The first-order chi connectivity index (χ1) is 13.7. The maximum atomic E-state index is 12.2. The Hall–Kier alpha value is -3.99. The van der Waals surface area contributed by atoms with Crippen LogP contribution in [0.5, 0.6) is 11.6 Å². The molecule has 4 aromatic rings. The summed E-state index contributed by atoms with van der Waals surface area (Å²) in [7, 11) is 0. The van der Waals surface area contributed by atoms with E-state index in [9.17, 15) is 9.59 Å². The number of fused-ring (bicyclic) bond motifs is 1. The maximum absolute atomic E-state index is 12.2. The van der Waals surface area contributed by atoms with Gasteiger partial charge in [-0.25, -0.2) is 14.6 Å². The summed E-state index contributed by atoms with van der Waals surface area (Å²) >= 11 is 0. The van der Waals surface area contributed by atoms with Gasteiger partial charge in [-0.3, -0.25) is 0 Å². The molecular formula is C23H15NO4. The quantitative estimate of drug-likeness (QED) is 0.386. The Morgan fingerprint density at radius 3 is 1.89 bits per heavy atom. The van der Waals surface area contributed by atoms with Crippen LogP contribution in [-0.4, -0.2) is 16.9 Å². The minimum atomic E-state index is -0.471. The number of rotatable bonds is 4. The minimum Gasteiger partial charge on any atom is -0.423 e. The first-order valence-electron chi connectivity index (χ1n) is 8.64. The smallest absolute Gasteiger partial charge is 0.344 e. The monoisotopic (exact) mass is 369 g/mol. The molecular weight excluding hydrogens is 354 g/mol. The van der Waals surface area contributed by atoms with Gasteiger partial charge in [0.2, 0.25) is 5.88 Å². The molecule has 5 nitrogen and oxygen atoms in total. The van der Waals surface area contributed by atoms with E-state index in [1.807, 2.05) is 12.1 Å². The number of pyridine rings is 1. The number of benzene rings is 3. The molecule has 0 saturated carbocycles. The van der Waals surface area contributed by atoms with Gasteiger partial charge >= 0.3 is 11.9 Å². The van der Waals surface area contributed by atoms with Crippen LogP contribution in [0.15, 0.2) is 91.0 Å². The van der Waals surface area contributed by atoms with E-state index in [2.05, 4.69) is 4.98 Å². The molecule has 0 aliphatic heterocycles. The van der Waals surface area contributed by atoms with Gasteiger partial charge in [-0.05, 0) is 48.5 Å². The molecule has 0 aliphatic carbocycles. The molecule has 3 aromatic carbocycles. The third kappa shape index (κ3) is 3.88. The highest BCUT2D eigenvalue weighted by atomic mass is 16.5. The summed E-state index contributed by atoms with van der Waals surface area (Å²) in [4.78, 5) is 28.6. The van der Waals surface area contributed by atoms with E-state index in [1.165, 1.54) is 0 Å². The molecule has 136 valence electrons. The first-order valence-corrected chi connectivity index (χ1v) is 8.64. The van der Waals surface area contributed by atoms with Crippen molar-refractivity contribution in [1.29, 1.82) is 0 Å². The van der Waals surface area contributed by atoms with Crippen LogP contribution >= 0.6 is 0 Å². The van der Waals surface area contributed by atoms with E-state index in [0.717, 1.165) is 5.39 Å². The van der Waals surface area contributed by atoms with Crippen molar-refractivity contribution in [3.05, 3.63) is 102 Å². The zero-order chi connectivity index (χ0) is 19.3. The number of aromatic nitrogens is 1. The number of carbonyl (C=O) groups excluding carboxylic acids is 2. The number of esters is 2. The van der Waals surface area contributed by atoms with Crippen LogP contribution < -0.4 is 9.47 Å². The highest BCUT2D eigenvalue weighted by Gasteiger charge is 2.11. The number of carbonyl (C=O) groups is 2. The zero-order valence-electron chi connectivity index (χ0n) is 14.7. The second-order valence-corrected chi connectivity index (χ2v) is 6.02. The van der Waals surface area contributed by atoms with Crippen LogP contribution in [0.4, 0.5) is 0 Å². The molecule has 0 saturated heterocycles. The normalized spacial score (nSPS) is 10.4. The average Bonchev–Trinajstić information content (AvgIpc) is 2.75. The molecule has 1 aromatic heterocycles. The molecule has 0 atom stereocenters. The van der Waals surface area contributed by atoms with Gasteiger partial charge in [0.05, 0.1) is 16.6 Å². The Morgan fingerprint density at radius 2 is 1.25 bits per heavy atom. The lowest BCUT2D eigenvalue weighted by Crippen LogP contribution is -2.09. The number of hydrogen-bond acceptors (Lipinski definition) is 5. The fraction of sp³-hybridized carbons (Fsp3) is 0. The van der Waals surface area contributed by atoms with E-state index >= 15 is 0 Å². The Kier molecular flexibility index (Phi) is 4.80. The SMILES string of the molecule is O=C(Oc1ccc2nc(OC(=O)c3ccccc3)ccc2c1)c1ccccc1. The van der Waals surface area contributed by atoms with Gasteiger partial charge in [-0.15, -0.1) is 0 Å². The summed E-state index contributed by atoms with van der Waals surface area (Å²) in [5, 5.41) is 0.762. The summed E-state index contributed by atoms with van der Waals surface area (Å²) in [5.74, 6) is -0.283. The second kappa shape index (κ2) is 7.72. The molecule has 0 bridgehead atoms. The van der Waals surface area contributed by atoms with Gasteiger partial charge in [0.1, 0.15) is 5.75 Å². The van der Waals surface area contributed by atoms with Crippen LogP contribution in [0.25, 0.3) is 10.9 Å². The van der Waals surface area contributed by atoms with Gasteiger partial charge in [0, 0.05) is 11.5 Å². The number of hydrogen-bond donors (Lipinski definition) is 0. The third-order valence-corrected chi connectivity index (χ3v) is 4.06. The predicted octanol–water partition coefficient (Wildman–Crippen LogP) is 4.67. The van der Waals surface area contributed by atoms with E-state index in [1.54, 1.807) is 78.9 Å². The zero-order valence-corrected chi connectivity index (χ0v) is 14.7. The lowest BCUT2D eigenvalue weighted by Gasteiger charge is -2.07. The second-order valence-electron chi connectivity index (χ2n) is 6.02. The van der Waals surface area contributed by atoms with Crippen LogP contribution in [0.1, 0.15) is 20.7 Å². The number of ether oxygens (including phenoxy) is 2. The van der Waals surface area contributed by atoms with Crippen molar-refractivity contribution < 1.29 is 19.1 Å². The molecule has 0 N–H and O–H groups in total. The molecule has 0 unspecified atom stereocenters. The molecule has 0 radical (unpaired) electrons. The molecule has 0 fully saturated rings. The van der Waals surface area contributed by atoms with E-state index in [4.69, 9.17) is 9.47 Å². The molecule has 0 amide bonds. The molecule has 1 heterocycles. The van der Waals surface area contributed by atoms with Crippen molar-refractivity contribution in [3.8, 4) is 11.6 Å². The van der Waals surface area contributed by atoms with E-state index in [0.29, 0.717) is 22.4 Å². The highest BCUT2D eigenvalue weighted by molar-refractivity contribution is 5.92. The molecule has 28 heavy (non-hydrogen) atoms. The topological polar surface area (TPSA) is 65.5 Å². The molecule has 0 spiro atoms. The lowest BCUT2D eigenvalue weighted by atomic mass is 10.2. The third-order valence-electron chi connectivity index (χ3n) is 4.06. The standard InChI is InChI=1S/C23H15NO4/c25-22(16-7-3-1-4-8-16)27-19-12-13-20-18(15-19)11-14-21(24-20)28-23(26)17-9-5-2-6-10-17/h1-15H. The van der Waals surface area contributed by atoms with E-state index < -0.39 is 11.9 Å². The molecule has 5 heteroatoms. The Balaban J connectivity index is 1.51. The summed E-state index contributed by atoms with van der Waals surface area (Å²) in [5.41, 5.74) is 1.55. The van der Waals surface area contributed by atoms with Crippen molar-refractivity contribution >= 4 is 22.8 Å². The van der Waals surface area contributed by atoms with Gasteiger partial charge in [-0.2, -0.15) is 0 Å². The Labute approximate surface area is 161 Å². The summed E-state index contributed by atoms with van der Waals surface area (Å²) in [6, 6.07) is 25.9. The summed E-state index contributed by atoms with van der Waals surface area (Å²) in [6.45, 7) is 0. The molecule has 0 aliphatic rings. The van der Waals surface area contributed by atoms with Crippen molar-refractivity contribution in [2.75, 3.05) is 0 Å². The summed E-state index contributed by atoms with van der Waals surface area (Å²) < 4.78 is 10.7. The summed E-state index contributed by atoms with van der Waals surface area (Å²) in [6.07, 6.45) is 0. The fourth-order valence-corrected chi connectivity index (χ4v) is 2.67. The van der Waals surface area contributed by atoms with Crippen LogP contribution in [-0.2, 0) is 0 Å². The predicted molar refractivity (Wildman–Crippen MR) is 105 cm³/mol. The fourth-order valence-electron chi connectivity index (χ4n) is 2.67. The van der Waals surface area contributed by atoms with Crippen molar-refractivity contribution in [1.82, 2.24) is 4.98 Å². The number of nitrogens with zero attached hydrogens (tertiary/aromatic N) is 1. The van der Waals surface area contributed by atoms with Crippen molar-refractivity contribution in [2.45, 2.75) is 0 Å². The van der Waals surface area contributed by atoms with Gasteiger partial charge < -0.3 is 9.47 Å². The Morgan fingerprint density at radius 1 is 0.643 bits per heavy atom. The lowest BCUT2D eigenvalue weighted by molar-refractivity contribution is 0.0720. The van der Waals surface area contributed by atoms with Crippen LogP contribution in [0, 0.1) is 0 Å². The van der Waals surface area contributed by atoms with Crippen LogP contribution in [0.3, 0.4) is 0 Å². The highest BCUT2D eigenvalue weighted by Crippen LogP contribution is 2.23. The largest absolute Gasteiger partial charge is 0.423 e. The first kappa shape index (κ1) is 17.4.